The molecule has 0 aromatic rings. The lowest BCUT2D eigenvalue weighted by Gasteiger charge is -2.48. The van der Waals surface area contributed by atoms with Gasteiger partial charge in [0.15, 0.2) is 0 Å². The maximum absolute atomic E-state index is 10.8. The van der Waals surface area contributed by atoms with Crippen LogP contribution in [0.5, 0.6) is 0 Å². The van der Waals surface area contributed by atoms with Crippen molar-refractivity contribution in [1.82, 2.24) is 0 Å². The van der Waals surface area contributed by atoms with E-state index in [1.54, 1.807) is 0 Å². The Morgan fingerprint density at radius 3 is 1.62 bits per heavy atom. The highest BCUT2D eigenvalue weighted by Gasteiger charge is 2.48. The summed E-state index contributed by atoms with van der Waals surface area (Å²) in [6, 6.07) is 0. The van der Waals surface area contributed by atoms with E-state index in [1.165, 1.54) is 0 Å². The van der Waals surface area contributed by atoms with Gasteiger partial charge in [-0.25, -0.2) is 0 Å². The molecular formula is C21H44O2Si. The third-order valence-electron chi connectivity index (χ3n) is 6.22. The zero-order chi connectivity index (χ0) is 19.2. The summed E-state index contributed by atoms with van der Waals surface area (Å²) >= 11 is 0. The quantitative estimate of drug-likeness (QED) is 0.342. The molecule has 0 unspecified atom stereocenters. The Morgan fingerprint density at radius 2 is 1.33 bits per heavy atom. The summed E-state index contributed by atoms with van der Waals surface area (Å²) in [6.45, 7) is 26.5. The Morgan fingerprint density at radius 1 is 0.917 bits per heavy atom. The van der Waals surface area contributed by atoms with Gasteiger partial charge in [0.25, 0.3) is 0 Å². The largest absolute Gasteiger partial charge is 0.413 e. The Bertz CT molecular complexity index is 343. The summed E-state index contributed by atoms with van der Waals surface area (Å²) < 4.78 is 7.10. The van der Waals surface area contributed by atoms with Crippen LogP contribution in [-0.2, 0) is 4.43 Å². The van der Waals surface area contributed by atoms with E-state index in [4.69, 9.17) is 4.43 Å². The second-order valence-corrected chi connectivity index (χ2v) is 14.1. The van der Waals surface area contributed by atoms with Gasteiger partial charge in [0.05, 0.1) is 12.2 Å². The number of rotatable bonds is 11. The molecule has 0 rings (SSSR count). The molecule has 0 radical (unpaired) electrons. The van der Waals surface area contributed by atoms with Gasteiger partial charge in [-0.15, -0.1) is 6.58 Å². The zero-order valence-corrected chi connectivity index (χ0v) is 19.0. The third-order valence-corrected chi connectivity index (χ3v) is 12.3. The lowest BCUT2D eigenvalue weighted by molar-refractivity contribution is -0.0158. The molecule has 0 aromatic carbocycles. The number of aliphatic hydroxyl groups excluding tert-OH is 1. The summed E-state index contributed by atoms with van der Waals surface area (Å²) in [5.74, 6) is 0.634. The van der Waals surface area contributed by atoms with Gasteiger partial charge in [0, 0.05) is 11.8 Å². The molecule has 0 spiro atoms. The first kappa shape index (κ1) is 23.9. The van der Waals surface area contributed by atoms with Crippen molar-refractivity contribution in [2.45, 2.75) is 104 Å². The van der Waals surface area contributed by atoms with Crippen molar-refractivity contribution >= 4 is 8.32 Å². The van der Waals surface area contributed by atoms with Crippen molar-refractivity contribution in [3.63, 3.8) is 0 Å². The van der Waals surface area contributed by atoms with Crippen LogP contribution < -0.4 is 0 Å². The van der Waals surface area contributed by atoms with Crippen LogP contribution in [0.4, 0.5) is 0 Å². The molecule has 3 heteroatoms. The second-order valence-electron chi connectivity index (χ2n) is 8.73. The van der Waals surface area contributed by atoms with Crippen LogP contribution in [0.25, 0.3) is 0 Å². The summed E-state index contributed by atoms with van der Waals surface area (Å²) in [5, 5.41) is 10.8. The fourth-order valence-corrected chi connectivity index (χ4v) is 10.2. The fourth-order valence-electron chi connectivity index (χ4n) is 4.43. The minimum atomic E-state index is -1.96. The van der Waals surface area contributed by atoms with Gasteiger partial charge in [-0.3, -0.25) is 0 Å². The zero-order valence-electron chi connectivity index (χ0n) is 18.0. The minimum absolute atomic E-state index is 0.0865. The standard InChI is InChI=1S/C21H44O2Si/c1-12-17(9)20(22)19(11)21(18(10)13-2)23-24(14(3)4,15(5)6)16(7)8/h12,14-22H,1,13H2,2-11H3/t17-,18-,19-,20+,21-/m1/s1. The lowest BCUT2D eigenvalue weighted by Crippen LogP contribution is -2.54. The van der Waals surface area contributed by atoms with Crippen molar-refractivity contribution in [2.24, 2.45) is 17.8 Å². The maximum atomic E-state index is 10.8. The minimum Gasteiger partial charge on any atom is -0.413 e. The highest BCUT2D eigenvalue weighted by atomic mass is 28.4. The molecule has 0 amide bonds. The van der Waals surface area contributed by atoms with Gasteiger partial charge in [0.2, 0.25) is 8.32 Å². The van der Waals surface area contributed by atoms with Crippen LogP contribution in [0, 0.1) is 17.8 Å². The SMILES string of the molecule is C=C[C@@H](C)[C@H](O)[C@@H](C)[C@H](O[Si](C(C)C)(C(C)C)C(C)C)[C@H](C)CC. The Balaban J connectivity index is 5.79. The van der Waals surface area contributed by atoms with Gasteiger partial charge >= 0.3 is 0 Å². The molecule has 5 atom stereocenters. The normalized spacial score (nSPS) is 19.4. The molecule has 144 valence electrons. The van der Waals surface area contributed by atoms with Gasteiger partial charge < -0.3 is 9.53 Å². The van der Waals surface area contributed by atoms with E-state index in [9.17, 15) is 5.11 Å². The molecule has 2 nitrogen and oxygen atoms in total. The molecule has 0 aliphatic carbocycles. The molecule has 0 heterocycles. The molecule has 0 aliphatic rings. The van der Waals surface area contributed by atoms with Gasteiger partial charge in [-0.1, -0.05) is 81.7 Å². The van der Waals surface area contributed by atoms with Crippen LogP contribution in [0.3, 0.4) is 0 Å². The highest BCUT2D eigenvalue weighted by molar-refractivity contribution is 6.77. The summed E-state index contributed by atoms with van der Waals surface area (Å²) in [5.41, 5.74) is 1.68. The molecular weight excluding hydrogens is 312 g/mol. The first-order chi connectivity index (χ1) is 11.0. The van der Waals surface area contributed by atoms with E-state index in [2.05, 4.69) is 68.9 Å². The van der Waals surface area contributed by atoms with Crippen LogP contribution in [0.2, 0.25) is 16.6 Å². The fraction of sp³-hybridized carbons (Fsp3) is 0.905. The first-order valence-electron chi connectivity index (χ1n) is 9.95. The average Bonchev–Trinajstić information content (AvgIpc) is 2.51. The highest BCUT2D eigenvalue weighted by Crippen LogP contribution is 2.45. The van der Waals surface area contributed by atoms with Gasteiger partial charge in [-0.2, -0.15) is 0 Å². The third kappa shape index (κ3) is 5.19. The Labute approximate surface area is 153 Å². The molecule has 0 aliphatic heterocycles. The van der Waals surface area contributed by atoms with Gasteiger partial charge in [0.1, 0.15) is 0 Å². The predicted octanol–water partition coefficient (Wildman–Crippen LogP) is 6.41. The van der Waals surface area contributed by atoms with Crippen molar-refractivity contribution in [3.05, 3.63) is 12.7 Å². The predicted molar refractivity (Wildman–Crippen MR) is 110 cm³/mol. The molecule has 0 fully saturated rings. The van der Waals surface area contributed by atoms with Crippen molar-refractivity contribution in [1.29, 1.82) is 0 Å². The number of aliphatic hydroxyl groups is 1. The van der Waals surface area contributed by atoms with Crippen molar-refractivity contribution < 1.29 is 9.53 Å². The Kier molecular flexibility index (Phi) is 10.1. The van der Waals surface area contributed by atoms with Crippen molar-refractivity contribution in [2.75, 3.05) is 0 Å². The van der Waals surface area contributed by atoms with E-state index in [-0.39, 0.29) is 17.9 Å². The van der Waals surface area contributed by atoms with Crippen LogP contribution >= 0.6 is 0 Å². The van der Waals surface area contributed by atoms with E-state index in [0.717, 1.165) is 6.42 Å². The smallest absolute Gasteiger partial charge is 0.200 e. The molecule has 0 aromatic heterocycles. The van der Waals surface area contributed by atoms with Crippen LogP contribution in [0.15, 0.2) is 12.7 Å². The molecule has 0 bridgehead atoms. The molecule has 0 saturated carbocycles. The number of hydrogen-bond acceptors (Lipinski definition) is 2. The molecule has 1 N–H and O–H groups in total. The van der Waals surface area contributed by atoms with Gasteiger partial charge in [-0.05, 0) is 22.5 Å². The van der Waals surface area contributed by atoms with E-state index in [1.807, 2.05) is 13.0 Å². The summed E-state index contributed by atoms with van der Waals surface area (Å²) in [4.78, 5) is 0. The van der Waals surface area contributed by atoms with E-state index < -0.39 is 14.4 Å². The number of hydrogen-bond donors (Lipinski definition) is 1. The first-order valence-corrected chi connectivity index (χ1v) is 12.1. The maximum Gasteiger partial charge on any atom is 0.200 e. The second kappa shape index (κ2) is 10.1. The van der Waals surface area contributed by atoms with Crippen LogP contribution in [0.1, 0.15) is 75.7 Å². The van der Waals surface area contributed by atoms with Crippen LogP contribution in [-0.4, -0.2) is 25.6 Å². The summed E-state index contributed by atoms with van der Waals surface area (Å²) in [6.07, 6.45) is 2.63. The van der Waals surface area contributed by atoms with Crippen molar-refractivity contribution in [3.8, 4) is 0 Å². The molecule has 24 heavy (non-hydrogen) atoms. The summed E-state index contributed by atoms with van der Waals surface area (Å²) in [7, 11) is -1.96. The average molecular weight is 357 g/mol. The molecule has 0 saturated heterocycles. The lowest BCUT2D eigenvalue weighted by atomic mass is 9.83. The van der Waals surface area contributed by atoms with E-state index in [0.29, 0.717) is 22.5 Å². The topological polar surface area (TPSA) is 29.5 Å². The van der Waals surface area contributed by atoms with E-state index >= 15 is 0 Å². The monoisotopic (exact) mass is 356 g/mol. The Hall–Kier alpha value is -0.123.